The van der Waals surface area contributed by atoms with Crippen molar-refractivity contribution in [2.75, 3.05) is 19.9 Å². The number of allylic oxidation sites excluding steroid dienone is 1. The van der Waals surface area contributed by atoms with Gasteiger partial charge in [0.05, 0.1) is 18.7 Å². The van der Waals surface area contributed by atoms with Crippen molar-refractivity contribution < 1.29 is 9.26 Å². The quantitative estimate of drug-likeness (QED) is 0.314. The molecule has 2 aromatic carbocycles. The molecule has 0 radical (unpaired) electrons. The van der Waals surface area contributed by atoms with Crippen molar-refractivity contribution in [3.8, 4) is 17.1 Å². The highest BCUT2D eigenvalue weighted by atomic mass is 32.2. The van der Waals surface area contributed by atoms with Crippen molar-refractivity contribution >= 4 is 34.7 Å². The SMILES string of the molecule is CCCCN1C(=S)NC(c2ccc(SC)cc2)C(c2nc(-c3ccc(OC)cc3)no2)=C1C. The molecule has 0 aliphatic carbocycles. The number of unbranched alkanes of at least 4 members (excludes halogenated alkanes) is 1. The molecule has 6 nitrogen and oxygen atoms in total. The van der Waals surface area contributed by atoms with Crippen LogP contribution < -0.4 is 10.1 Å². The first-order chi connectivity index (χ1) is 16.0. The first kappa shape index (κ1) is 23.3. The van der Waals surface area contributed by atoms with E-state index in [4.69, 9.17) is 26.5 Å². The predicted octanol–water partition coefficient (Wildman–Crippen LogP) is 5.93. The molecule has 1 unspecified atom stereocenters. The van der Waals surface area contributed by atoms with Crippen molar-refractivity contribution in [2.45, 2.75) is 37.6 Å². The standard InChI is InChI=1S/C25H28N4O2S2/c1-5-6-15-29-16(2)21(22(26-25(29)32)17-9-13-20(33-4)14-10-17)24-27-23(28-31-24)18-7-11-19(30-3)12-8-18/h7-14,22H,5-6,15H2,1-4H3,(H,26,32). The largest absolute Gasteiger partial charge is 0.497 e. The monoisotopic (exact) mass is 480 g/mol. The van der Waals surface area contributed by atoms with Crippen LogP contribution >= 0.6 is 24.0 Å². The maximum atomic E-state index is 5.81. The van der Waals surface area contributed by atoms with Crippen LogP contribution in [0.1, 0.15) is 44.2 Å². The van der Waals surface area contributed by atoms with Crippen molar-refractivity contribution in [1.29, 1.82) is 0 Å². The van der Waals surface area contributed by atoms with Crippen LogP contribution in [0.5, 0.6) is 5.75 Å². The number of ether oxygens (including phenoxy) is 1. The second-order valence-corrected chi connectivity index (χ2v) is 9.08. The molecular weight excluding hydrogens is 452 g/mol. The van der Waals surface area contributed by atoms with Gasteiger partial charge in [-0.25, -0.2) is 0 Å². The number of aromatic nitrogens is 2. The lowest BCUT2D eigenvalue weighted by Gasteiger charge is -2.37. The molecule has 1 aliphatic heterocycles. The van der Waals surface area contributed by atoms with Crippen LogP contribution in [-0.4, -0.2) is 40.1 Å². The third-order valence-corrected chi connectivity index (χ3v) is 6.87. The van der Waals surface area contributed by atoms with E-state index in [-0.39, 0.29) is 6.04 Å². The van der Waals surface area contributed by atoms with Gasteiger partial charge in [-0.15, -0.1) is 11.8 Å². The highest BCUT2D eigenvalue weighted by Gasteiger charge is 2.33. The fourth-order valence-corrected chi connectivity index (χ4v) is 4.63. The molecule has 0 saturated heterocycles. The Labute approximate surface area is 204 Å². The summed E-state index contributed by atoms with van der Waals surface area (Å²) in [5, 5.41) is 8.51. The predicted molar refractivity (Wildman–Crippen MR) is 137 cm³/mol. The van der Waals surface area contributed by atoms with Crippen molar-refractivity contribution in [3.05, 3.63) is 65.7 Å². The van der Waals surface area contributed by atoms with Gasteiger partial charge in [0.25, 0.3) is 5.89 Å². The lowest BCUT2D eigenvalue weighted by Crippen LogP contribution is -2.46. The molecule has 33 heavy (non-hydrogen) atoms. The minimum atomic E-state index is -0.171. The molecule has 2 heterocycles. The normalized spacial score (nSPS) is 16.2. The smallest absolute Gasteiger partial charge is 0.258 e. The maximum absolute atomic E-state index is 5.81. The van der Waals surface area contributed by atoms with Crippen LogP contribution in [0.4, 0.5) is 0 Å². The van der Waals surface area contributed by atoms with Gasteiger partial charge < -0.3 is 19.5 Å². The molecule has 1 aromatic heterocycles. The molecule has 1 N–H and O–H groups in total. The van der Waals surface area contributed by atoms with E-state index >= 15 is 0 Å². The third kappa shape index (κ3) is 4.91. The molecule has 0 fully saturated rings. The van der Waals surface area contributed by atoms with Gasteiger partial charge in [-0.2, -0.15) is 4.98 Å². The van der Waals surface area contributed by atoms with Crippen molar-refractivity contribution in [2.24, 2.45) is 0 Å². The Kier molecular flexibility index (Phi) is 7.35. The maximum Gasteiger partial charge on any atom is 0.258 e. The van der Waals surface area contributed by atoms with E-state index in [2.05, 4.69) is 59.7 Å². The molecule has 4 rings (SSSR count). The van der Waals surface area contributed by atoms with Gasteiger partial charge in [0.1, 0.15) is 5.75 Å². The Bertz CT molecular complexity index is 1140. The van der Waals surface area contributed by atoms with E-state index in [1.165, 1.54) is 4.90 Å². The van der Waals surface area contributed by atoms with E-state index in [0.29, 0.717) is 11.7 Å². The first-order valence-electron chi connectivity index (χ1n) is 11.0. The Morgan fingerprint density at radius 1 is 1.15 bits per heavy atom. The van der Waals surface area contributed by atoms with Crippen molar-refractivity contribution in [1.82, 2.24) is 20.4 Å². The first-order valence-corrected chi connectivity index (χ1v) is 12.6. The average molecular weight is 481 g/mol. The van der Waals surface area contributed by atoms with Gasteiger partial charge in [0, 0.05) is 22.7 Å². The molecule has 0 spiro atoms. The number of rotatable bonds is 8. The van der Waals surface area contributed by atoms with Gasteiger partial charge >= 0.3 is 0 Å². The van der Waals surface area contributed by atoms with Gasteiger partial charge in [-0.3, -0.25) is 0 Å². The molecule has 0 saturated carbocycles. The van der Waals surface area contributed by atoms with Crippen LogP contribution in [0.3, 0.4) is 0 Å². The summed E-state index contributed by atoms with van der Waals surface area (Å²) in [5.74, 6) is 1.82. The summed E-state index contributed by atoms with van der Waals surface area (Å²) < 4.78 is 11.1. The number of thiocarbonyl (C=S) groups is 1. The summed E-state index contributed by atoms with van der Waals surface area (Å²) in [7, 11) is 1.65. The van der Waals surface area contributed by atoms with Gasteiger partial charge in [-0.05, 0) is 73.8 Å². The minimum Gasteiger partial charge on any atom is -0.497 e. The Morgan fingerprint density at radius 3 is 2.52 bits per heavy atom. The summed E-state index contributed by atoms with van der Waals surface area (Å²) in [5.41, 5.74) is 3.95. The molecule has 3 aromatic rings. The van der Waals surface area contributed by atoms with E-state index in [0.717, 1.165) is 52.6 Å². The van der Waals surface area contributed by atoms with E-state index in [1.54, 1.807) is 18.9 Å². The lowest BCUT2D eigenvalue weighted by molar-refractivity contribution is 0.395. The Morgan fingerprint density at radius 2 is 1.88 bits per heavy atom. The molecular formula is C25H28N4O2S2. The zero-order valence-corrected chi connectivity index (χ0v) is 20.9. The third-order valence-electron chi connectivity index (χ3n) is 5.79. The highest BCUT2D eigenvalue weighted by molar-refractivity contribution is 7.98. The molecule has 8 heteroatoms. The fourth-order valence-electron chi connectivity index (χ4n) is 3.88. The molecule has 1 atom stereocenters. The number of benzene rings is 2. The molecule has 0 bridgehead atoms. The lowest BCUT2D eigenvalue weighted by atomic mass is 9.94. The van der Waals surface area contributed by atoms with Gasteiger partial charge in [0.15, 0.2) is 5.11 Å². The second kappa shape index (κ2) is 10.4. The van der Waals surface area contributed by atoms with Gasteiger partial charge in [-0.1, -0.05) is 30.6 Å². The zero-order valence-electron chi connectivity index (χ0n) is 19.3. The van der Waals surface area contributed by atoms with Crippen LogP contribution in [0.2, 0.25) is 0 Å². The van der Waals surface area contributed by atoms with E-state index < -0.39 is 0 Å². The minimum absolute atomic E-state index is 0.171. The number of nitrogens with zero attached hydrogens (tertiary/aromatic N) is 3. The number of nitrogens with one attached hydrogen (secondary N) is 1. The Balaban J connectivity index is 1.76. The summed E-state index contributed by atoms with van der Waals surface area (Å²) in [4.78, 5) is 8.12. The van der Waals surface area contributed by atoms with Crippen LogP contribution in [-0.2, 0) is 0 Å². The van der Waals surface area contributed by atoms with E-state index in [1.807, 2.05) is 24.3 Å². The van der Waals surface area contributed by atoms with Crippen LogP contribution in [0, 0.1) is 0 Å². The fraction of sp³-hybridized carbons (Fsp3) is 0.320. The zero-order chi connectivity index (χ0) is 23.4. The summed E-state index contributed by atoms with van der Waals surface area (Å²) in [6.07, 6.45) is 4.20. The number of hydrogen-bond acceptors (Lipinski definition) is 6. The number of hydrogen-bond donors (Lipinski definition) is 1. The van der Waals surface area contributed by atoms with Crippen LogP contribution in [0.15, 0.2) is 63.6 Å². The summed E-state index contributed by atoms with van der Waals surface area (Å²) in [6, 6.07) is 16.0. The second-order valence-electron chi connectivity index (χ2n) is 7.81. The van der Waals surface area contributed by atoms with Crippen LogP contribution in [0.25, 0.3) is 17.0 Å². The average Bonchev–Trinajstić information content (AvgIpc) is 3.33. The number of thioether (sulfide) groups is 1. The van der Waals surface area contributed by atoms with Crippen molar-refractivity contribution in [3.63, 3.8) is 0 Å². The molecule has 172 valence electrons. The topological polar surface area (TPSA) is 63.4 Å². The highest BCUT2D eigenvalue weighted by Crippen LogP contribution is 2.38. The molecule has 1 aliphatic rings. The summed E-state index contributed by atoms with van der Waals surface area (Å²) in [6.45, 7) is 5.10. The summed E-state index contributed by atoms with van der Waals surface area (Å²) >= 11 is 7.47. The number of methoxy groups -OCH3 is 1. The van der Waals surface area contributed by atoms with E-state index in [9.17, 15) is 0 Å². The Hall–Kier alpha value is -2.84. The molecule has 0 amide bonds. The van der Waals surface area contributed by atoms with Gasteiger partial charge in [0.2, 0.25) is 5.82 Å².